The van der Waals surface area contributed by atoms with Crippen molar-refractivity contribution in [2.75, 3.05) is 4.90 Å². The predicted molar refractivity (Wildman–Crippen MR) is 136 cm³/mol. The molecular weight excluding hydrogens is 468 g/mol. The zero-order valence-corrected chi connectivity index (χ0v) is 19.3. The number of aliphatic imine (C=N–C) groups is 1. The van der Waals surface area contributed by atoms with E-state index >= 15 is 0 Å². The number of para-hydroxylation sites is 2. The van der Waals surface area contributed by atoms with Crippen LogP contribution in [-0.4, -0.2) is 24.5 Å². The van der Waals surface area contributed by atoms with Crippen LogP contribution in [0.1, 0.15) is 5.56 Å². The molecule has 3 aromatic carbocycles. The van der Waals surface area contributed by atoms with Crippen molar-refractivity contribution < 1.29 is 13.2 Å². The monoisotopic (exact) mass is 486 g/mol. The molecule has 0 unspecified atom stereocenters. The molecule has 0 aliphatic carbocycles. The first-order chi connectivity index (χ1) is 16.4. The zero-order chi connectivity index (χ0) is 23.7. The summed E-state index contributed by atoms with van der Waals surface area (Å²) in [6.45, 7) is 0. The summed E-state index contributed by atoms with van der Waals surface area (Å²) in [5, 5.41) is 6.62. The molecule has 1 aromatic heterocycles. The van der Waals surface area contributed by atoms with Gasteiger partial charge in [-0.1, -0.05) is 36.4 Å². The van der Waals surface area contributed by atoms with Gasteiger partial charge in [0.2, 0.25) is 10.0 Å². The number of benzene rings is 3. The number of carbonyl (C=O) groups is 1. The lowest BCUT2D eigenvalue weighted by molar-refractivity contribution is -0.113. The first kappa shape index (κ1) is 22.0. The van der Waals surface area contributed by atoms with Crippen molar-refractivity contribution in [2.24, 2.45) is 10.1 Å². The molecule has 0 bridgehead atoms. The molecule has 0 radical (unpaired) electrons. The normalized spacial score (nSPS) is 16.6. The summed E-state index contributed by atoms with van der Waals surface area (Å²) in [7, 11) is -3.80. The lowest BCUT2D eigenvalue weighted by atomic mass is 10.1. The summed E-state index contributed by atoms with van der Waals surface area (Å²) in [5.74, 6) is -0.204. The first-order valence-corrected chi connectivity index (χ1v) is 12.6. The molecule has 168 valence electrons. The molecule has 1 aliphatic rings. The van der Waals surface area contributed by atoms with E-state index in [4.69, 9.17) is 5.14 Å². The number of rotatable bonds is 4. The molecule has 1 amide bonds. The minimum atomic E-state index is -3.80. The van der Waals surface area contributed by atoms with Crippen molar-refractivity contribution >= 4 is 61.2 Å². The number of amidine groups is 1. The Hall–Kier alpha value is -3.79. The maximum atomic E-state index is 13.4. The van der Waals surface area contributed by atoms with Crippen molar-refractivity contribution in [3.8, 4) is 0 Å². The second kappa shape index (κ2) is 8.86. The molecule has 0 saturated carbocycles. The van der Waals surface area contributed by atoms with E-state index in [1.54, 1.807) is 29.3 Å². The minimum Gasteiger partial charge on any atom is -0.268 e. The fourth-order valence-corrected chi connectivity index (χ4v) is 5.01. The molecule has 2 heterocycles. The fraction of sp³-hybridized carbons (Fsp3) is 0. The third kappa shape index (κ3) is 4.49. The second-order valence-electron chi connectivity index (χ2n) is 7.48. The van der Waals surface area contributed by atoms with Crippen LogP contribution in [0.15, 0.2) is 106 Å². The van der Waals surface area contributed by atoms with Crippen molar-refractivity contribution in [3.05, 3.63) is 102 Å². The molecular formula is C25H18N4O3S2. The van der Waals surface area contributed by atoms with E-state index in [2.05, 4.69) is 9.98 Å². The van der Waals surface area contributed by atoms with Gasteiger partial charge in [-0.15, -0.1) is 0 Å². The smallest absolute Gasteiger partial charge is 0.268 e. The van der Waals surface area contributed by atoms with Gasteiger partial charge in [-0.05, 0) is 71.9 Å². The Balaban J connectivity index is 1.55. The number of hydrogen-bond acceptors (Lipinski definition) is 6. The molecule has 9 heteroatoms. The third-order valence-corrected chi connectivity index (χ3v) is 7.02. The van der Waals surface area contributed by atoms with Crippen LogP contribution in [0.2, 0.25) is 0 Å². The van der Waals surface area contributed by atoms with Crippen LogP contribution in [0, 0.1) is 0 Å². The average Bonchev–Trinajstić information content (AvgIpc) is 3.13. The number of aromatic nitrogens is 1. The van der Waals surface area contributed by atoms with Crippen molar-refractivity contribution in [3.63, 3.8) is 0 Å². The number of fused-ring (bicyclic) bond motifs is 1. The Morgan fingerprint density at radius 3 is 2.38 bits per heavy atom. The van der Waals surface area contributed by atoms with Gasteiger partial charge >= 0.3 is 0 Å². The van der Waals surface area contributed by atoms with Gasteiger partial charge in [0.15, 0.2) is 5.17 Å². The summed E-state index contributed by atoms with van der Waals surface area (Å²) >= 11 is 1.24. The van der Waals surface area contributed by atoms with Gasteiger partial charge in [0.25, 0.3) is 5.91 Å². The SMILES string of the molecule is NS(=O)(=O)c1ccc(N=C2SC(=Cc3cnc4ccccc4c3)C(=O)N2c2ccccc2)cc1. The average molecular weight is 487 g/mol. The molecule has 1 fully saturated rings. The van der Waals surface area contributed by atoms with Gasteiger partial charge in [0.05, 0.1) is 26.7 Å². The van der Waals surface area contributed by atoms with Crippen LogP contribution in [0.25, 0.3) is 17.0 Å². The van der Waals surface area contributed by atoms with Crippen LogP contribution in [0.4, 0.5) is 11.4 Å². The lowest BCUT2D eigenvalue weighted by Crippen LogP contribution is -2.28. The summed E-state index contributed by atoms with van der Waals surface area (Å²) in [4.78, 5) is 24.5. The van der Waals surface area contributed by atoms with E-state index in [0.717, 1.165) is 16.5 Å². The van der Waals surface area contributed by atoms with E-state index in [-0.39, 0.29) is 10.8 Å². The van der Waals surface area contributed by atoms with Crippen LogP contribution < -0.4 is 10.0 Å². The van der Waals surface area contributed by atoms with Crippen LogP contribution >= 0.6 is 11.8 Å². The lowest BCUT2D eigenvalue weighted by Gasteiger charge is -2.15. The third-order valence-electron chi connectivity index (χ3n) is 5.12. The second-order valence-corrected chi connectivity index (χ2v) is 10.1. The Morgan fingerprint density at radius 2 is 1.65 bits per heavy atom. The number of carbonyl (C=O) groups excluding carboxylic acids is 1. The Kier molecular flexibility index (Phi) is 5.74. The molecule has 5 rings (SSSR count). The predicted octanol–water partition coefficient (Wildman–Crippen LogP) is 4.69. The summed E-state index contributed by atoms with van der Waals surface area (Å²) in [6, 6.07) is 24.9. The molecule has 0 atom stereocenters. The van der Waals surface area contributed by atoms with E-state index in [0.29, 0.717) is 21.4 Å². The van der Waals surface area contributed by atoms with E-state index < -0.39 is 10.0 Å². The van der Waals surface area contributed by atoms with E-state index in [1.165, 1.54) is 23.9 Å². The summed E-state index contributed by atoms with van der Waals surface area (Å²) in [6.07, 6.45) is 3.53. The number of thioether (sulfide) groups is 1. The van der Waals surface area contributed by atoms with Crippen molar-refractivity contribution in [1.29, 1.82) is 0 Å². The first-order valence-electron chi connectivity index (χ1n) is 10.2. The number of anilines is 1. The van der Waals surface area contributed by atoms with Crippen LogP contribution in [0.3, 0.4) is 0 Å². The molecule has 7 nitrogen and oxygen atoms in total. The number of pyridine rings is 1. The van der Waals surface area contributed by atoms with Crippen LogP contribution in [-0.2, 0) is 14.8 Å². The highest BCUT2D eigenvalue weighted by atomic mass is 32.2. The van der Waals surface area contributed by atoms with Crippen molar-refractivity contribution in [1.82, 2.24) is 4.98 Å². The Labute approximate surface area is 200 Å². The number of primary sulfonamides is 1. The van der Waals surface area contributed by atoms with Gasteiger partial charge in [0.1, 0.15) is 0 Å². The van der Waals surface area contributed by atoms with E-state index in [9.17, 15) is 13.2 Å². The van der Waals surface area contributed by atoms with Crippen LogP contribution in [0.5, 0.6) is 0 Å². The number of nitrogens with zero attached hydrogens (tertiary/aromatic N) is 3. The summed E-state index contributed by atoms with van der Waals surface area (Å²) in [5.41, 5.74) is 2.87. The quantitative estimate of drug-likeness (QED) is 0.421. The number of amides is 1. The number of sulfonamides is 1. The van der Waals surface area contributed by atoms with E-state index in [1.807, 2.05) is 60.7 Å². The van der Waals surface area contributed by atoms with Crippen molar-refractivity contribution in [2.45, 2.75) is 4.90 Å². The minimum absolute atomic E-state index is 0.00379. The molecule has 1 saturated heterocycles. The number of nitrogens with two attached hydrogens (primary N) is 1. The maximum absolute atomic E-state index is 13.4. The molecule has 0 spiro atoms. The van der Waals surface area contributed by atoms with Gasteiger partial charge in [0, 0.05) is 11.6 Å². The number of hydrogen-bond donors (Lipinski definition) is 1. The highest BCUT2D eigenvalue weighted by Crippen LogP contribution is 2.37. The maximum Gasteiger partial charge on any atom is 0.271 e. The molecule has 4 aromatic rings. The molecule has 1 aliphatic heterocycles. The van der Waals surface area contributed by atoms with Gasteiger partial charge < -0.3 is 0 Å². The molecule has 34 heavy (non-hydrogen) atoms. The van der Waals surface area contributed by atoms with Gasteiger partial charge in [-0.3, -0.25) is 14.7 Å². The largest absolute Gasteiger partial charge is 0.271 e. The standard InChI is InChI=1S/C25H18N4O3S2/c26-34(31,32)21-12-10-19(11-13-21)28-25-29(20-7-2-1-3-8-20)24(30)23(33-25)15-17-14-18-6-4-5-9-22(18)27-16-17/h1-16H,(H2,26,31,32). The zero-order valence-electron chi connectivity index (χ0n) is 17.7. The summed E-state index contributed by atoms with van der Waals surface area (Å²) < 4.78 is 23.1. The fourth-order valence-electron chi connectivity index (χ4n) is 3.49. The topological polar surface area (TPSA) is 106 Å². The van der Waals surface area contributed by atoms with Gasteiger partial charge in [-0.2, -0.15) is 0 Å². The highest BCUT2D eigenvalue weighted by Gasteiger charge is 2.34. The Bertz CT molecular complexity index is 1570. The molecule has 2 N–H and O–H groups in total. The Morgan fingerprint density at radius 1 is 0.941 bits per heavy atom. The van der Waals surface area contributed by atoms with Gasteiger partial charge in [-0.25, -0.2) is 18.5 Å². The highest BCUT2D eigenvalue weighted by molar-refractivity contribution is 8.19.